The molecule has 0 unspecified atom stereocenters. The molecule has 2 saturated heterocycles. The Bertz CT molecular complexity index is 513. The van der Waals surface area contributed by atoms with Gasteiger partial charge in [-0.3, -0.25) is 4.90 Å². The lowest BCUT2D eigenvalue weighted by atomic mass is 9.97. The van der Waals surface area contributed by atoms with Crippen LogP contribution in [0.3, 0.4) is 0 Å². The highest BCUT2D eigenvalue weighted by molar-refractivity contribution is 5.04. The summed E-state index contributed by atoms with van der Waals surface area (Å²) in [6.07, 6.45) is 3.99. The monoisotopic (exact) mass is 337 g/mol. The van der Waals surface area contributed by atoms with Crippen molar-refractivity contribution >= 4 is 0 Å². The number of aliphatic hydroxyl groups excluding tert-OH is 1. The Balaban J connectivity index is 1.59. The molecule has 7 nitrogen and oxygen atoms in total. The first kappa shape index (κ1) is 17.8. The minimum absolute atomic E-state index is 0.128. The fraction of sp³-hybridized carbons (Fsp3) is 0.882. The van der Waals surface area contributed by atoms with Crippen LogP contribution in [0.2, 0.25) is 0 Å². The summed E-state index contributed by atoms with van der Waals surface area (Å²) < 4.78 is 7.40. The third-order valence-electron chi connectivity index (χ3n) is 5.40. The minimum Gasteiger partial charge on any atom is -0.393 e. The summed E-state index contributed by atoms with van der Waals surface area (Å²) in [4.78, 5) is 4.84. The third kappa shape index (κ3) is 4.33. The Labute approximate surface area is 144 Å². The van der Waals surface area contributed by atoms with E-state index in [1.165, 1.54) is 12.8 Å². The minimum atomic E-state index is -0.128. The molecule has 7 heteroatoms. The number of rotatable bonds is 6. The van der Waals surface area contributed by atoms with Crippen LogP contribution in [0.5, 0.6) is 0 Å². The quantitative estimate of drug-likeness (QED) is 0.820. The van der Waals surface area contributed by atoms with E-state index < -0.39 is 0 Å². The van der Waals surface area contributed by atoms with Gasteiger partial charge in [-0.2, -0.15) is 0 Å². The highest BCUT2D eigenvalue weighted by Gasteiger charge is 2.26. The van der Waals surface area contributed by atoms with Crippen LogP contribution in [0.1, 0.15) is 43.3 Å². The van der Waals surface area contributed by atoms with Crippen molar-refractivity contribution in [1.29, 1.82) is 0 Å². The molecule has 0 radical (unpaired) electrons. The van der Waals surface area contributed by atoms with Crippen LogP contribution >= 0.6 is 0 Å². The maximum absolute atomic E-state index is 9.63. The number of ether oxygens (including phenoxy) is 1. The lowest BCUT2D eigenvalue weighted by molar-refractivity contribution is 0.0775. The Kier molecular flexibility index (Phi) is 6.21. The predicted molar refractivity (Wildman–Crippen MR) is 91.8 cm³/mol. The molecule has 3 rings (SSSR count). The zero-order valence-electron chi connectivity index (χ0n) is 15.0. The number of hydrogen-bond acceptors (Lipinski definition) is 6. The van der Waals surface area contributed by atoms with Crippen molar-refractivity contribution < 1.29 is 9.84 Å². The topological polar surface area (TPSA) is 66.7 Å². The summed E-state index contributed by atoms with van der Waals surface area (Å²) in [6.45, 7) is 6.70. The number of aliphatic hydroxyl groups is 1. The van der Waals surface area contributed by atoms with Crippen molar-refractivity contribution in [2.45, 2.75) is 44.2 Å². The Morgan fingerprint density at radius 1 is 1.12 bits per heavy atom. The molecule has 0 spiro atoms. The van der Waals surface area contributed by atoms with Crippen molar-refractivity contribution in [3.8, 4) is 0 Å². The van der Waals surface area contributed by atoms with Gasteiger partial charge in [-0.1, -0.05) is 0 Å². The van der Waals surface area contributed by atoms with Gasteiger partial charge in [0.15, 0.2) is 0 Å². The van der Waals surface area contributed by atoms with E-state index in [1.807, 2.05) is 0 Å². The van der Waals surface area contributed by atoms with E-state index in [9.17, 15) is 5.11 Å². The second kappa shape index (κ2) is 8.38. The van der Waals surface area contributed by atoms with Gasteiger partial charge in [0.2, 0.25) is 0 Å². The van der Waals surface area contributed by atoms with Gasteiger partial charge >= 0.3 is 0 Å². The largest absolute Gasteiger partial charge is 0.393 e. The number of hydrogen-bond donors (Lipinski definition) is 1. The van der Waals surface area contributed by atoms with Crippen molar-refractivity contribution in [3.05, 3.63) is 11.6 Å². The van der Waals surface area contributed by atoms with Crippen LogP contribution in [0, 0.1) is 0 Å². The van der Waals surface area contributed by atoms with Crippen LogP contribution in [0.15, 0.2) is 0 Å². The SMILES string of the molecule is COCCN1CCC[C@H](c2nnc(CN3CCC(O)CC3)n2C)C1. The molecule has 1 N–H and O–H groups in total. The normalized spacial score (nSPS) is 24.5. The number of likely N-dealkylation sites (tertiary alicyclic amines) is 2. The number of piperidine rings is 2. The smallest absolute Gasteiger partial charge is 0.146 e. The van der Waals surface area contributed by atoms with E-state index in [-0.39, 0.29) is 6.10 Å². The van der Waals surface area contributed by atoms with Gasteiger partial charge in [-0.05, 0) is 32.2 Å². The first-order chi connectivity index (χ1) is 11.7. The van der Waals surface area contributed by atoms with E-state index in [1.54, 1.807) is 7.11 Å². The van der Waals surface area contributed by atoms with Crippen molar-refractivity contribution in [2.24, 2.45) is 7.05 Å². The zero-order valence-corrected chi connectivity index (χ0v) is 15.0. The first-order valence-corrected chi connectivity index (χ1v) is 9.17. The summed E-state index contributed by atoms with van der Waals surface area (Å²) in [5.41, 5.74) is 0. The van der Waals surface area contributed by atoms with Crippen molar-refractivity contribution in [2.75, 3.05) is 46.4 Å². The molecule has 0 amide bonds. The molecule has 2 fully saturated rings. The molecule has 1 aromatic heterocycles. The standard InChI is InChI=1S/C17H31N5O2/c1-20-16(13-22-8-5-15(23)6-9-22)18-19-17(20)14-4-3-7-21(12-14)10-11-24-2/h14-15,23H,3-13H2,1-2H3/t14-/m0/s1. The van der Waals surface area contributed by atoms with Crippen molar-refractivity contribution in [1.82, 2.24) is 24.6 Å². The first-order valence-electron chi connectivity index (χ1n) is 9.17. The Hall–Kier alpha value is -1.02. The maximum atomic E-state index is 9.63. The molecule has 1 aromatic rings. The molecule has 0 saturated carbocycles. The molecular formula is C17H31N5O2. The van der Waals surface area contributed by atoms with Gasteiger partial charge < -0.3 is 19.3 Å². The summed E-state index contributed by atoms with van der Waals surface area (Å²) in [6, 6.07) is 0. The van der Waals surface area contributed by atoms with E-state index >= 15 is 0 Å². The zero-order chi connectivity index (χ0) is 16.9. The fourth-order valence-electron chi connectivity index (χ4n) is 3.84. The molecule has 2 aliphatic heterocycles. The molecule has 1 atom stereocenters. The van der Waals surface area contributed by atoms with Gasteiger partial charge in [0, 0.05) is 46.3 Å². The fourth-order valence-corrected chi connectivity index (χ4v) is 3.84. The molecule has 3 heterocycles. The van der Waals surface area contributed by atoms with Gasteiger partial charge in [-0.25, -0.2) is 0 Å². The number of nitrogens with zero attached hydrogens (tertiary/aromatic N) is 5. The Morgan fingerprint density at radius 2 is 1.92 bits per heavy atom. The van der Waals surface area contributed by atoms with Gasteiger partial charge in [0.25, 0.3) is 0 Å². The summed E-state index contributed by atoms with van der Waals surface area (Å²) in [5.74, 6) is 2.62. The molecule has 136 valence electrons. The van der Waals surface area contributed by atoms with Crippen LogP contribution in [-0.2, 0) is 18.3 Å². The van der Waals surface area contributed by atoms with Gasteiger partial charge in [0.1, 0.15) is 11.6 Å². The third-order valence-corrected chi connectivity index (χ3v) is 5.40. The summed E-state index contributed by atoms with van der Waals surface area (Å²) in [7, 11) is 3.85. The highest BCUT2D eigenvalue weighted by Crippen LogP contribution is 2.26. The number of aromatic nitrogens is 3. The van der Waals surface area contributed by atoms with E-state index in [2.05, 4.69) is 31.6 Å². The van der Waals surface area contributed by atoms with Crippen LogP contribution < -0.4 is 0 Å². The van der Waals surface area contributed by atoms with E-state index in [4.69, 9.17) is 4.74 Å². The lowest BCUT2D eigenvalue weighted by Gasteiger charge is -2.32. The van der Waals surface area contributed by atoms with Crippen molar-refractivity contribution in [3.63, 3.8) is 0 Å². The maximum Gasteiger partial charge on any atom is 0.146 e. The second-order valence-corrected chi connectivity index (χ2v) is 7.17. The molecule has 0 aromatic carbocycles. The summed E-state index contributed by atoms with van der Waals surface area (Å²) in [5, 5.41) is 18.6. The lowest BCUT2D eigenvalue weighted by Crippen LogP contribution is -2.37. The van der Waals surface area contributed by atoms with Crippen LogP contribution in [0.25, 0.3) is 0 Å². The molecule has 0 aliphatic carbocycles. The molecule has 2 aliphatic rings. The molecule has 0 bridgehead atoms. The Morgan fingerprint density at radius 3 is 2.67 bits per heavy atom. The molecular weight excluding hydrogens is 306 g/mol. The predicted octanol–water partition coefficient (Wildman–Crippen LogP) is 0.598. The van der Waals surface area contributed by atoms with Crippen LogP contribution in [0.4, 0.5) is 0 Å². The highest BCUT2D eigenvalue weighted by atomic mass is 16.5. The number of methoxy groups -OCH3 is 1. The second-order valence-electron chi connectivity index (χ2n) is 7.17. The van der Waals surface area contributed by atoms with Gasteiger partial charge in [0.05, 0.1) is 19.3 Å². The summed E-state index contributed by atoms with van der Waals surface area (Å²) >= 11 is 0. The average Bonchev–Trinajstić information content (AvgIpc) is 2.96. The van der Waals surface area contributed by atoms with Crippen LogP contribution in [-0.4, -0.2) is 82.2 Å². The molecule has 24 heavy (non-hydrogen) atoms. The average molecular weight is 337 g/mol. The van der Waals surface area contributed by atoms with Gasteiger partial charge in [-0.15, -0.1) is 10.2 Å². The van der Waals surface area contributed by atoms with E-state index in [0.717, 1.165) is 70.4 Å². The van der Waals surface area contributed by atoms with E-state index in [0.29, 0.717) is 5.92 Å².